The number of nitrogens with zero attached hydrogens (tertiary/aromatic N) is 1. The normalized spacial score (nSPS) is 11.1. The van der Waals surface area contributed by atoms with Gasteiger partial charge in [0.15, 0.2) is 0 Å². The maximum absolute atomic E-state index is 6.10. The average Bonchev–Trinajstić information content (AvgIpc) is 2.36. The van der Waals surface area contributed by atoms with Crippen molar-refractivity contribution in [1.82, 2.24) is 5.32 Å². The van der Waals surface area contributed by atoms with Crippen molar-refractivity contribution in [2.75, 3.05) is 31.6 Å². The standard InChI is InChI=1S/C15H25ClN2O/c1-5-17-11-13-6-7-14(16)10-15(13)18(4)8-9-19-12(2)3/h6-7,10,12,17H,5,8-9,11H2,1-4H3. The number of halogens is 1. The van der Waals surface area contributed by atoms with Crippen LogP contribution in [0, 0.1) is 0 Å². The van der Waals surface area contributed by atoms with Crippen molar-refractivity contribution in [3.63, 3.8) is 0 Å². The molecule has 1 N–H and O–H groups in total. The Hall–Kier alpha value is -0.770. The van der Waals surface area contributed by atoms with Gasteiger partial charge in [-0.1, -0.05) is 24.6 Å². The Morgan fingerprint density at radius 1 is 1.37 bits per heavy atom. The van der Waals surface area contributed by atoms with Gasteiger partial charge in [-0.05, 0) is 38.1 Å². The molecule has 0 bridgehead atoms. The summed E-state index contributed by atoms with van der Waals surface area (Å²) >= 11 is 6.10. The summed E-state index contributed by atoms with van der Waals surface area (Å²) in [4.78, 5) is 2.20. The fourth-order valence-electron chi connectivity index (χ4n) is 1.85. The number of nitrogens with one attached hydrogen (secondary N) is 1. The quantitative estimate of drug-likeness (QED) is 0.793. The molecule has 0 amide bonds. The van der Waals surface area contributed by atoms with E-state index in [0.29, 0.717) is 0 Å². The van der Waals surface area contributed by atoms with Crippen LogP contribution in [0.15, 0.2) is 18.2 Å². The van der Waals surface area contributed by atoms with Crippen LogP contribution >= 0.6 is 11.6 Å². The minimum absolute atomic E-state index is 0.272. The molecule has 1 rings (SSSR count). The lowest BCUT2D eigenvalue weighted by atomic mass is 10.1. The van der Waals surface area contributed by atoms with E-state index in [1.807, 2.05) is 12.1 Å². The number of likely N-dealkylation sites (N-methyl/N-ethyl adjacent to an activating group) is 1. The summed E-state index contributed by atoms with van der Waals surface area (Å²) in [6.45, 7) is 9.61. The van der Waals surface area contributed by atoms with Crippen LogP contribution in [0.3, 0.4) is 0 Å². The number of ether oxygens (including phenoxy) is 1. The maximum atomic E-state index is 6.10. The Morgan fingerprint density at radius 3 is 2.74 bits per heavy atom. The molecule has 1 aromatic rings. The van der Waals surface area contributed by atoms with Gasteiger partial charge in [-0.15, -0.1) is 0 Å². The van der Waals surface area contributed by atoms with Gasteiger partial charge in [-0.3, -0.25) is 0 Å². The van der Waals surface area contributed by atoms with E-state index in [1.165, 1.54) is 11.3 Å². The van der Waals surface area contributed by atoms with Gasteiger partial charge in [0.05, 0.1) is 12.7 Å². The second kappa shape index (κ2) is 8.41. The van der Waals surface area contributed by atoms with Crippen molar-refractivity contribution in [2.45, 2.75) is 33.4 Å². The van der Waals surface area contributed by atoms with E-state index >= 15 is 0 Å². The van der Waals surface area contributed by atoms with E-state index in [2.05, 4.69) is 44.1 Å². The average molecular weight is 285 g/mol. The smallest absolute Gasteiger partial charge is 0.0644 e. The molecule has 0 fully saturated rings. The van der Waals surface area contributed by atoms with Crippen molar-refractivity contribution < 1.29 is 4.74 Å². The Bertz CT molecular complexity index is 382. The lowest BCUT2D eigenvalue weighted by Gasteiger charge is -2.23. The summed E-state index contributed by atoms with van der Waals surface area (Å²) in [6.07, 6.45) is 0.272. The number of hydrogen-bond donors (Lipinski definition) is 1. The van der Waals surface area contributed by atoms with Gasteiger partial charge in [-0.2, -0.15) is 0 Å². The van der Waals surface area contributed by atoms with Crippen molar-refractivity contribution in [3.05, 3.63) is 28.8 Å². The van der Waals surface area contributed by atoms with Crippen LogP contribution < -0.4 is 10.2 Å². The minimum Gasteiger partial charge on any atom is -0.377 e. The topological polar surface area (TPSA) is 24.5 Å². The number of hydrogen-bond acceptors (Lipinski definition) is 3. The van der Waals surface area contributed by atoms with E-state index in [0.717, 1.165) is 31.3 Å². The van der Waals surface area contributed by atoms with Crippen molar-refractivity contribution in [3.8, 4) is 0 Å². The molecular weight excluding hydrogens is 260 g/mol. The first-order valence-corrected chi connectivity index (χ1v) is 7.24. The summed E-state index contributed by atoms with van der Waals surface area (Å²) in [7, 11) is 2.07. The van der Waals surface area contributed by atoms with E-state index in [4.69, 9.17) is 16.3 Å². The molecule has 0 heterocycles. The van der Waals surface area contributed by atoms with Gasteiger partial charge in [0.1, 0.15) is 0 Å². The van der Waals surface area contributed by atoms with Gasteiger partial charge in [-0.25, -0.2) is 0 Å². The van der Waals surface area contributed by atoms with Crippen molar-refractivity contribution in [2.24, 2.45) is 0 Å². The predicted molar refractivity (Wildman–Crippen MR) is 83.2 cm³/mol. The van der Waals surface area contributed by atoms with Crippen LogP contribution in [-0.2, 0) is 11.3 Å². The largest absolute Gasteiger partial charge is 0.377 e. The molecule has 0 spiro atoms. The lowest BCUT2D eigenvalue weighted by Crippen LogP contribution is -2.26. The number of anilines is 1. The fraction of sp³-hybridized carbons (Fsp3) is 0.600. The molecule has 0 saturated heterocycles. The van der Waals surface area contributed by atoms with Crippen molar-refractivity contribution >= 4 is 17.3 Å². The minimum atomic E-state index is 0.272. The Morgan fingerprint density at radius 2 is 2.11 bits per heavy atom. The summed E-state index contributed by atoms with van der Waals surface area (Å²) < 4.78 is 5.59. The van der Waals surface area contributed by atoms with Gasteiger partial charge in [0.25, 0.3) is 0 Å². The second-order valence-electron chi connectivity index (χ2n) is 4.89. The van der Waals surface area contributed by atoms with Gasteiger partial charge in [0.2, 0.25) is 0 Å². The highest BCUT2D eigenvalue weighted by molar-refractivity contribution is 6.30. The zero-order valence-corrected chi connectivity index (χ0v) is 13.1. The zero-order chi connectivity index (χ0) is 14.3. The van der Waals surface area contributed by atoms with E-state index in [9.17, 15) is 0 Å². The van der Waals surface area contributed by atoms with Crippen LogP contribution in [0.25, 0.3) is 0 Å². The third kappa shape index (κ3) is 5.81. The van der Waals surface area contributed by atoms with Crippen LogP contribution in [0.2, 0.25) is 5.02 Å². The predicted octanol–water partition coefficient (Wildman–Crippen LogP) is 3.31. The highest BCUT2D eigenvalue weighted by Crippen LogP contribution is 2.24. The van der Waals surface area contributed by atoms with Crippen LogP contribution in [-0.4, -0.2) is 32.8 Å². The van der Waals surface area contributed by atoms with Crippen LogP contribution in [0.4, 0.5) is 5.69 Å². The van der Waals surface area contributed by atoms with Crippen LogP contribution in [0.1, 0.15) is 26.3 Å². The molecule has 0 aliphatic heterocycles. The molecule has 0 aliphatic rings. The highest BCUT2D eigenvalue weighted by Gasteiger charge is 2.08. The number of benzene rings is 1. The van der Waals surface area contributed by atoms with Crippen molar-refractivity contribution in [1.29, 1.82) is 0 Å². The molecule has 108 valence electrons. The first kappa shape index (κ1) is 16.3. The maximum Gasteiger partial charge on any atom is 0.0644 e. The van der Waals surface area contributed by atoms with Crippen LogP contribution in [0.5, 0.6) is 0 Å². The first-order valence-electron chi connectivity index (χ1n) is 6.86. The third-order valence-electron chi connectivity index (χ3n) is 2.90. The zero-order valence-electron chi connectivity index (χ0n) is 12.4. The molecule has 0 aliphatic carbocycles. The molecule has 0 unspecified atom stereocenters. The van der Waals surface area contributed by atoms with E-state index in [-0.39, 0.29) is 6.10 Å². The summed E-state index contributed by atoms with van der Waals surface area (Å²) in [5.74, 6) is 0. The molecule has 0 atom stereocenters. The molecule has 1 aromatic carbocycles. The molecule has 19 heavy (non-hydrogen) atoms. The van der Waals surface area contributed by atoms with Gasteiger partial charge >= 0.3 is 0 Å². The summed E-state index contributed by atoms with van der Waals surface area (Å²) in [5, 5.41) is 4.12. The third-order valence-corrected chi connectivity index (χ3v) is 3.14. The molecule has 0 aromatic heterocycles. The molecule has 3 nitrogen and oxygen atoms in total. The fourth-order valence-corrected chi connectivity index (χ4v) is 2.01. The first-order chi connectivity index (χ1) is 9.04. The number of rotatable bonds is 8. The summed E-state index contributed by atoms with van der Waals surface area (Å²) in [5.41, 5.74) is 2.43. The van der Waals surface area contributed by atoms with Gasteiger partial charge in [0, 0.05) is 30.8 Å². The summed E-state index contributed by atoms with van der Waals surface area (Å²) in [6, 6.07) is 6.04. The second-order valence-corrected chi connectivity index (χ2v) is 5.33. The molecule has 0 saturated carbocycles. The molecule has 0 radical (unpaired) electrons. The van der Waals surface area contributed by atoms with E-state index < -0.39 is 0 Å². The Balaban J connectivity index is 2.69. The SMILES string of the molecule is CCNCc1ccc(Cl)cc1N(C)CCOC(C)C. The Kier molecular flexibility index (Phi) is 7.21. The highest BCUT2D eigenvalue weighted by atomic mass is 35.5. The van der Waals surface area contributed by atoms with Gasteiger partial charge < -0.3 is 15.0 Å². The Labute approximate surface area is 121 Å². The monoisotopic (exact) mass is 284 g/mol. The molecule has 4 heteroatoms. The molecular formula is C15H25ClN2O. The van der Waals surface area contributed by atoms with E-state index in [1.54, 1.807) is 0 Å². The lowest BCUT2D eigenvalue weighted by molar-refractivity contribution is 0.0846.